The number of hydrogen-bond donors (Lipinski definition) is 1. The molecule has 1 aliphatic rings. The van der Waals surface area contributed by atoms with Crippen molar-refractivity contribution in [3.8, 4) is 0 Å². The Morgan fingerprint density at radius 3 is 2.74 bits per heavy atom. The van der Waals surface area contributed by atoms with Crippen molar-refractivity contribution in [2.24, 2.45) is 14.1 Å². The molecule has 0 aliphatic carbocycles. The minimum absolute atomic E-state index is 0.0426. The lowest BCUT2D eigenvalue weighted by atomic mass is 10.3. The summed E-state index contributed by atoms with van der Waals surface area (Å²) < 4.78 is 2.99. The van der Waals surface area contributed by atoms with E-state index < -0.39 is 0 Å². The van der Waals surface area contributed by atoms with Crippen LogP contribution in [-0.2, 0) is 18.9 Å². The lowest BCUT2D eigenvalue weighted by Crippen LogP contribution is -2.48. The lowest BCUT2D eigenvalue weighted by molar-refractivity contribution is -0.120. The summed E-state index contributed by atoms with van der Waals surface area (Å²) in [5.74, 6) is 0.582. The predicted octanol–water partition coefficient (Wildman–Crippen LogP) is -1.40. The van der Waals surface area contributed by atoms with Crippen molar-refractivity contribution < 1.29 is 4.79 Å². The number of anilines is 1. The number of nitrogens with zero attached hydrogens (tertiary/aromatic N) is 5. The van der Waals surface area contributed by atoms with Gasteiger partial charge in [0.25, 0.3) is 0 Å². The Morgan fingerprint density at radius 2 is 2.00 bits per heavy atom. The van der Waals surface area contributed by atoms with Crippen LogP contribution in [0.1, 0.15) is 0 Å². The number of amides is 1. The number of hydrogen-bond acceptors (Lipinski definition) is 5. The van der Waals surface area contributed by atoms with E-state index in [0.29, 0.717) is 30.1 Å². The van der Waals surface area contributed by atoms with Gasteiger partial charge in [-0.3, -0.25) is 13.9 Å². The van der Waals surface area contributed by atoms with Gasteiger partial charge in [-0.2, -0.15) is 0 Å². The lowest BCUT2D eigenvalue weighted by Gasteiger charge is -2.27. The zero-order valence-corrected chi connectivity index (χ0v) is 10.8. The molecule has 8 heteroatoms. The average Bonchev–Trinajstić information content (AvgIpc) is 2.64. The molecule has 1 aliphatic heterocycles. The third-order valence-electron chi connectivity index (χ3n) is 3.35. The fourth-order valence-electron chi connectivity index (χ4n) is 2.37. The van der Waals surface area contributed by atoms with Crippen LogP contribution in [-0.4, -0.2) is 44.6 Å². The van der Waals surface area contributed by atoms with Gasteiger partial charge in [-0.25, -0.2) is 14.8 Å². The molecule has 3 rings (SSSR count). The molecule has 19 heavy (non-hydrogen) atoms. The molecule has 3 heterocycles. The van der Waals surface area contributed by atoms with E-state index in [0.717, 1.165) is 0 Å². The molecular weight excluding hydrogens is 248 g/mol. The van der Waals surface area contributed by atoms with E-state index in [-0.39, 0.29) is 18.1 Å². The monoisotopic (exact) mass is 262 g/mol. The van der Waals surface area contributed by atoms with E-state index in [9.17, 15) is 9.59 Å². The van der Waals surface area contributed by atoms with Gasteiger partial charge in [-0.15, -0.1) is 0 Å². The van der Waals surface area contributed by atoms with Crippen LogP contribution in [0.2, 0.25) is 0 Å². The molecule has 2 aromatic heterocycles. The quantitative estimate of drug-likeness (QED) is 0.683. The highest BCUT2D eigenvalue weighted by molar-refractivity contribution is 5.88. The van der Waals surface area contributed by atoms with Gasteiger partial charge >= 0.3 is 5.69 Å². The van der Waals surface area contributed by atoms with Crippen molar-refractivity contribution in [2.45, 2.75) is 0 Å². The molecule has 0 unspecified atom stereocenters. The Morgan fingerprint density at radius 1 is 1.21 bits per heavy atom. The van der Waals surface area contributed by atoms with Gasteiger partial charge in [-0.1, -0.05) is 0 Å². The highest BCUT2D eigenvalue weighted by Gasteiger charge is 2.22. The van der Waals surface area contributed by atoms with Crippen LogP contribution in [0.25, 0.3) is 11.2 Å². The highest BCUT2D eigenvalue weighted by Crippen LogP contribution is 2.21. The number of nitrogens with one attached hydrogen (secondary N) is 1. The second kappa shape index (κ2) is 4.08. The summed E-state index contributed by atoms with van der Waals surface area (Å²) in [6.45, 7) is 1.49. The van der Waals surface area contributed by atoms with E-state index >= 15 is 0 Å². The Balaban J connectivity index is 2.21. The maximum atomic E-state index is 11.9. The first-order chi connectivity index (χ1) is 9.09. The topological polar surface area (TPSA) is 85.0 Å². The highest BCUT2D eigenvalue weighted by atomic mass is 16.2. The Bertz CT molecular complexity index is 716. The molecule has 0 atom stereocenters. The normalized spacial score (nSPS) is 15.9. The molecular formula is C11H14N6O2. The first kappa shape index (κ1) is 11.7. The van der Waals surface area contributed by atoms with Gasteiger partial charge in [0.1, 0.15) is 11.8 Å². The minimum atomic E-state index is -0.154. The van der Waals surface area contributed by atoms with Crippen molar-refractivity contribution in [3.63, 3.8) is 0 Å². The van der Waals surface area contributed by atoms with E-state index in [1.165, 1.54) is 15.5 Å². The van der Waals surface area contributed by atoms with Crippen LogP contribution in [0.5, 0.6) is 0 Å². The summed E-state index contributed by atoms with van der Waals surface area (Å²) in [7, 11) is 3.35. The predicted molar refractivity (Wildman–Crippen MR) is 69.0 cm³/mol. The van der Waals surface area contributed by atoms with E-state index in [4.69, 9.17) is 0 Å². The molecule has 1 N–H and O–H groups in total. The van der Waals surface area contributed by atoms with Gasteiger partial charge < -0.3 is 10.2 Å². The number of aryl methyl sites for hydroxylation is 2. The van der Waals surface area contributed by atoms with Crippen LogP contribution in [0, 0.1) is 0 Å². The van der Waals surface area contributed by atoms with E-state index in [1.807, 2.05) is 4.90 Å². The summed E-state index contributed by atoms with van der Waals surface area (Å²) in [6.07, 6.45) is 1.42. The number of carbonyl (C=O) groups excluding carboxylic acids is 1. The smallest absolute Gasteiger partial charge is 0.329 e. The number of carbonyl (C=O) groups is 1. The van der Waals surface area contributed by atoms with Crippen molar-refractivity contribution in [2.75, 3.05) is 24.5 Å². The molecule has 2 aromatic rings. The van der Waals surface area contributed by atoms with Gasteiger partial charge in [0, 0.05) is 27.2 Å². The molecule has 0 saturated carbocycles. The summed E-state index contributed by atoms with van der Waals surface area (Å²) in [5, 5.41) is 2.76. The van der Waals surface area contributed by atoms with Crippen molar-refractivity contribution >= 4 is 22.9 Å². The first-order valence-electron chi connectivity index (χ1n) is 5.97. The maximum Gasteiger partial charge on any atom is 0.329 e. The van der Waals surface area contributed by atoms with Crippen molar-refractivity contribution in [1.29, 1.82) is 0 Å². The Kier molecular flexibility index (Phi) is 2.51. The second-order valence-corrected chi connectivity index (χ2v) is 4.54. The number of piperazine rings is 1. The molecule has 1 fully saturated rings. The molecule has 100 valence electrons. The molecule has 8 nitrogen and oxygen atoms in total. The maximum absolute atomic E-state index is 11.9. The zero-order chi connectivity index (χ0) is 13.6. The largest absolute Gasteiger partial charge is 0.353 e. The van der Waals surface area contributed by atoms with Gasteiger partial charge in [-0.05, 0) is 0 Å². The van der Waals surface area contributed by atoms with Gasteiger partial charge in [0.15, 0.2) is 11.5 Å². The third kappa shape index (κ3) is 1.67. The average molecular weight is 262 g/mol. The fraction of sp³-hybridized carbons (Fsp3) is 0.455. The van der Waals surface area contributed by atoms with Crippen molar-refractivity contribution in [1.82, 2.24) is 24.4 Å². The summed E-state index contributed by atoms with van der Waals surface area (Å²) >= 11 is 0. The first-order valence-corrected chi connectivity index (χ1v) is 5.97. The Hall–Kier alpha value is -2.38. The second-order valence-electron chi connectivity index (χ2n) is 4.54. The molecule has 0 bridgehead atoms. The molecule has 0 aromatic carbocycles. The SMILES string of the molecule is Cn1c(=O)n(C)c2c(N3CCNC(=O)C3)ncnc21. The van der Waals surface area contributed by atoms with Gasteiger partial charge in [0.2, 0.25) is 5.91 Å². The summed E-state index contributed by atoms with van der Waals surface area (Å²) in [6, 6.07) is 0. The number of imidazole rings is 1. The zero-order valence-electron chi connectivity index (χ0n) is 10.8. The third-order valence-corrected chi connectivity index (χ3v) is 3.35. The van der Waals surface area contributed by atoms with Crippen LogP contribution in [0.15, 0.2) is 11.1 Å². The summed E-state index contributed by atoms with van der Waals surface area (Å²) in [4.78, 5) is 33.7. The fourth-order valence-corrected chi connectivity index (χ4v) is 2.37. The molecule has 1 saturated heterocycles. The number of fused-ring (bicyclic) bond motifs is 1. The van der Waals surface area contributed by atoms with Crippen LogP contribution in [0.4, 0.5) is 5.82 Å². The van der Waals surface area contributed by atoms with Crippen molar-refractivity contribution in [3.05, 3.63) is 16.8 Å². The number of rotatable bonds is 1. The van der Waals surface area contributed by atoms with E-state index in [2.05, 4.69) is 15.3 Å². The van der Waals surface area contributed by atoms with Crippen LogP contribution >= 0.6 is 0 Å². The van der Waals surface area contributed by atoms with Crippen LogP contribution < -0.4 is 15.9 Å². The molecule has 0 radical (unpaired) electrons. The summed E-state index contributed by atoms with van der Waals surface area (Å²) in [5.41, 5.74) is 1.08. The number of aromatic nitrogens is 4. The van der Waals surface area contributed by atoms with E-state index in [1.54, 1.807) is 14.1 Å². The van der Waals surface area contributed by atoms with Crippen LogP contribution in [0.3, 0.4) is 0 Å². The molecule has 1 amide bonds. The van der Waals surface area contributed by atoms with Gasteiger partial charge in [0.05, 0.1) is 6.54 Å². The molecule has 0 spiro atoms. The standard InChI is InChI=1S/C11H14N6O2/c1-15-8-9(16(2)11(15)19)13-6-14-10(8)17-4-3-12-7(18)5-17/h6H,3-5H2,1-2H3,(H,12,18). The minimum Gasteiger partial charge on any atom is -0.353 e. The Labute approximate surface area is 108 Å².